The number of fused-ring (bicyclic) bond motifs is 1. The van der Waals surface area contributed by atoms with E-state index in [-0.39, 0.29) is 11.5 Å². The summed E-state index contributed by atoms with van der Waals surface area (Å²) in [6, 6.07) is 14.3. The van der Waals surface area contributed by atoms with E-state index in [0.29, 0.717) is 6.54 Å². The molecular formula is C19H20N4O. The Hall–Kier alpha value is -2.66. The molecule has 0 saturated heterocycles. The van der Waals surface area contributed by atoms with Gasteiger partial charge in [-0.3, -0.25) is 9.69 Å². The van der Waals surface area contributed by atoms with Gasteiger partial charge in [-0.15, -0.1) is 0 Å². The molecule has 1 unspecified atom stereocenters. The summed E-state index contributed by atoms with van der Waals surface area (Å²) in [4.78, 5) is 22.4. The smallest absolute Gasteiger partial charge is 0.254 e. The normalized spacial score (nSPS) is 17.6. The van der Waals surface area contributed by atoms with E-state index >= 15 is 0 Å². The largest absolute Gasteiger partial charge is 0.347 e. The van der Waals surface area contributed by atoms with Crippen molar-refractivity contribution in [2.75, 3.05) is 6.54 Å². The molecule has 3 heterocycles. The third-order valence-electron chi connectivity index (χ3n) is 4.70. The van der Waals surface area contributed by atoms with Crippen LogP contribution in [0.15, 0.2) is 59.8 Å². The Kier molecular flexibility index (Phi) is 3.78. The number of imidazole rings is 1. The number of benzene rings is 1. The van der Waals surface area contributed by atoms with E-state index in [1.807, 2.05) is 18.2 Å². The highest BCUT2D eigenvalue weighted by atomic mass is 16.1. The molecule has 0 spiro atoms. The molecule has 5 nitrogen and oxygen atoms in total. The Balaban J connectivity index is 1.65. The minimum absolute atomic E-state index is 0.0733. The number of aromatic nitrogens is 3. The second-order valence-electron chi connectivity index (χ2n) is 6.35. The van der Waals surface area contributed by atoms with E-state index in [1.165, 1.54) is 5.56 Å². The van der Waals surface area contributed by atoms with Gasteiger partial charge in [0.1, 0.15) is 0 Å². The van der Waals surface area contributed by atoms with E-state index in [1.54, 1.807) is 24.1 Å². The zero-order valence-corrected chi connectivity index (χ0v) is 13.6. The molecule has 5 heteroatoms. The average Bonchev–Trinajstić information content (AvgIpc) is 3.07. The first kappa shape index (κ1) is 14.9. The van der Waals surface area contributed by atoms with Gasteiger partial charge >= 0.3 is 0 Å². The van der Waals surface area contributed by atoms with Crippen LogP contribution in [0.25, 0.3) is 0 Å². The molecule has 0 aliphatic carbocycles. The van der Waals surface area contributed by atoms with E-state index in [4.69, 9.17) is 0 Å². The third-order valence-corrected chi connectivity index (χ3v) is 4.70. The van der Waals surface area contributed by atoms with Crippen LogP contribution in [0.5, 0.6) is 0 Å². The molecule has 2 aromatic heterocycles. The van der Waals surface area contributed by atoms with Crippen LogP contribution < -0.4 is 5.56 Å². The lowest BCUT2D eigenvalue weighted by Crippen LogP contribution is -2.36. The zero-order valence-electron chi connectivity index (χ0n) is 13.6. The van der Waals surface area contributed by atoms with Crippen LogP contribution in [0, 0.1) is 0 Å². The van der Waals surface area contributed by atoms with Crippen molar-refractivity contribution >= 4 is 0 Å². The maximum absolute atomic E-state index is 12.3. The van der Waals surface area contributed by atoms with Crippen molar-refractivity contribution in [3.63, 3.8) is 0 Å². The standard InChI is InChI=1S/C19H20N4O/c1-22-9-5-8-15(19(22)24)10-23-11-16(14-6-3-2-4-7-14)18-17(12-23)20-13-21-18/h2-9,13,16H,10-12H2,1H3,(H,20,21). The number of aryl methyl sites for hydroxylation is 1. The average molecular weight is 320 g/mol. The molecule has 0 saturated carbocycles. The number of pyridine rings is 1. The fourth-order valence-electron chi connectivity index (χ4n) is 3.48. The lowest BCUT2D eigenvalue weighted by Gasteiger charge is -2.32. The molecule has 1 aliphatic rings. The van der Waals surface area contributed by atoms with Gasteiger partial charge in [-0.2, -0.15) is 0 Å². The van der Waals surface area contributed by atoms with Crippen molar-refractivity contribution in [2.45, 2.75) is 19.0 Å². The summed E-state index contributed by atoms with van der Waals surface area (Å²) in [5, 5.41) is 0. The highest BCUT2D eigenvalue weighted by molar-refractivity contribution is 5.33. The molecule has 0 fully saturated rings. The molecule has 0 amide bonds. The Morgan fingerprint density at radius 3 is 2.88 bits per heavy atom. The van der Waals surface area contributed by atoms with Gasteiger partial charge in [0.25, 0.3) is 5.56 Å². The van der Waals surface area contributed by atoms with Crippen molar-refractivity contribution in [3.05, 3.63) is 87.9 Å². The minimum Gasteiger partial charge on any atom is -0.347 e. The maximum atomic E-state index is 12.3. The van der Waals surface area contributed by atoms with E-state index in [2.05, 4.69) is 39.1 Å². The van der Waals surface area contributed by atoms with Crippen molar-refractivity contribution in [1.82, 2.24) is 19.4 Å². The second-order valence-corrected chi connectivity index (χ2v) is 6.35. The first-order chi connectivity index (χ1) is 11.7. The van der Waals surface area contributed by atoms with Gasteiger partial charge in [0.2, 0.25) is 0 Å². The molecule has 4 rings (SSSR count). The monoisotopic (exact) mass is 320 g/mol. The summed E-state index contributed by atoms with van der Waals surface area (Å²) in [6.45, 7) is 2.30. The van der Waals surface area contributed by atoms with Crippen molar-refractivity contribution in [1.29, 1.82) is 0 Å². The SMILES string of the molecule is Cn1cccc(CN2Cc3[nH]cnc3C(c3ccccc3)C2)c1=O. The summed E-state index contributed by atoms with van der Waals surface area (Å²) in [7, 11) is 1.79. The molecule has 0 bridgehead atoms. The molecule has 1 atom stereocenters. The van der Waals surface area contributed by atoms with Gasteiger partial charge in [-0.05, 0) is 11.6 Å². The number of nitrogens with zero attached hydrogens (tertiary/aromatic N) is 3. The highest BCUT2D eigenvalue weighted by Gasteiger charge is 2.29. The van der Waals surface area contributed by atoms with E-state index in [9.17, 15) is 4.79 Å². The van der Waals surface area contributed by atoms with Crippen molar-refractivity contribution in [3.8, 4) is 0 Å². The third kappa shape index (κ3) is 2.67. The van der Waals surface area contributed by atoms with Gasteiger partial charge in [0.05, 0.1) is 17.7 Å². The first-order valence-corrected chi connectivity index (χ1v) is 8.16. The van der Waals surface area contributed by atoms with Crippen LogP contribution >= 0.6 is 0 Å². The van der Waals surface area contributed by atoms with Gasteiger partial charge < -0.3 is 9.55 Å². The zero-order chi connectivity index (χ0) is 16.5. The molecule has 1 N–H and O–H groups in total. The summed E-state index contributed by atoms with van der Waals surface area (Å²) >= 11 is 0. The molecule has 1 aliphatic heterocycles. The number of H-pyrrole nitrogens is 1. The van der Waals surface area contributed by atoms with Crippen LogP contribution in [-0.2, 0) is 20.1 Å². The Morgan fingerprint density at radius 1 is 1.21 bits per heavy atom. The second kappa shape index (κ2) is 6.09. The van der Waals surface area contributed by atoms with Gasteiger partial charge in [-0.25, -0.2) is 4.98 Å². The molecule has 0 radical (unpaired) electrons. The van der Waals surface area contributed by atoms with Crippen molar-refractivity contribution in [2.24, 2.45) is 7.05 Å². The summed E-state index contributed by atoms with van der Waals surface area (Å²) < 4.78 is 1.63. The van der Waals surface area contributed by atoms with Crippen LogP contribution in [0.2, 0.25) is 0 Å². The Bertz CT molecular complexity index is 897. The van der Waals surface area contributed by atoms with Crippen LogP contribution in [-0.4, -0.2) is 26.0 Å². The first-order valence-electron chi connectivity index (χ1n) is 8.16. The Morgan fingerprint density at radius 2 is 2.04 bits per heavy atom. The Labute approximate surface area is 140 Å². The van der Waals surface area contributed by atoms with Gasteiger partial charge in [-0.1, -0.05) is 36.4 Å². The molecular weight excluding hydrogens is 300 g/mol. The number of hydrogen-bond acceptors (Lipinski definition) is 3. The summed E-state index contributed by atoms with van der Waals surface area (Å²) in [5.41, 5.74) is 4.43. The maximum Gasteiger partial charge on any atom is 0.254 e. The quantitative estimate of drug-likeness (QED) is 0.805. The highest BCUT2D eigenvalue weighted by Crippen LogP contribution is 2.31. The topological polar surface area (TPSA) is 53.9 Å². The lowest BCUT2D eigenvalue weighted by molar-refractivity contribution is 0.226. The summed E-state index contributed by atoms with van der Waals surface area (Å²) in [6.07, 6.45) is 3.56. The minimum atomic E-state index is 0.0733. The van der Waals surface area contributed by atoms with E-state index in [0.717, 1.165) is 30.0 Å². The molecule has 3 aromatic rings. The number of rotatable bonds is 3. The number of aromatic amines is 1. The van der Waals surface area contributed by atoms with Crippen LogP contribution in [0.4, 0.5) is 0 Å². The molecule has 24 heavy (non-hydrogen) atoms. The van der Waals surface area contributed by atoms with Crippen LogP contribution in [0.3, 0.4) is 0 Å². The molecule has 122 valence electrons. The van der Waals surface area contributed by atoms with Gasteiger partial charge in [0, 0.05) is 44.4 Å². The lowest BCUT2D eigenvalue weighted by atomic mass is 9.91. The predicted octanol–water partition coefficient (Wildman–Crippen LogP) is 2.26. The van der Waals surface area contributed by atoms with E-state index < -0.39 is 0 Å². The fraction of sp³-hybridized carbons (Fsp3) is 0.263. The molecule has 1 aromatic carbocycles. The number of nitrogens with one attached hydrogen (secondary N) is 1. The van der Waals surface area contributed by atoms with Crippen molar-refractivity contribution < 1.29 is 0 Å². The van der Waals surface area contributed by atoms with Gasteiger partial charge in [0.15, 0.2) is 0 Å². The predicted molar refractivity (Wildman–Crippen MR) is 92.7 cm³/mol. The van der Waals surface area contributed by atoms with Crippen LogP contribution in [0.1, 0.15) is 28.4 Å². The number of hydrogen-bond donors (Lipinski definition) is 1. The summed E-state index contributed by atoms with van der Waals surface area (Å²) in [5.74, 6) is 0.230. The fourth-order valence-corrected chi connectivity index (χ4v) is 3.48.